The number of likely N-dealkylation sites (tertiary alicyclic amines) is 1. The number of benzene rings is 2. The third-order valence-corrected chi connectivity index (χ3v) is 7.77. The number of piperidine rings is 1. The van der Waals surface area contributed by atoms with Crippen LogP contribution in [0.4, 0.5) is 28.6 Å². The Morgan fingerprint density at radius 1 is 1.16 bits per heavy atom. The minimum Gasteiger partial charge on any atom is -0.810 e. The second-order valence-electron chi connectivity index (χ2n) is 11.2. The van der Waals surface area contributed by atoms with E-state index in [1.165, 1.54) is 24.1 Å². The Bertz CT molecular complexity index is 1340. The fourth-order valence-electron chi connectivity index (χ4n) is 5.60. The molecule has 8 nitrogen and oxygen atoms in total. The van der Waals surface area contributed by atoms with Gasteiger partial charge in [-0.25, -0.2) is 4.98 Å². The number of rotatable bonds is 7. The summed E-state index contributed by atoms with van der Waals surface area (Å²) in [5.74, 6) is 0.873. The molecule has 2 aliphatic rings. The Morgan fingerprint density at radius 2 is 1.92 bits per heavy atom. The third-order valence-electron chi connectivity index (χ3n) is 7.77. The number of hydrogen-bond donors (Lipinski definition) is 3. The first kappa shape index (κ1) is 25.7. The second-order valence-corrected chi connectivity index (χ2v) is 11.2. The van der Waals surface area contributed by atoms with Crippen molar-refractivity contribution < 1.29 is 4.79 Å². The van der Waals surface area contributed by atoms with E-state index >= 15 is 0 Å². The smallest absolute Gasteiger partial charge is 0.259 e. The van der Waals surface area contributed by atoms with Crippen molar-refractivity contribution in [3.63, 3.8) is 0 Å². The predicted molar refractivity (Wildman–Crippen MR) is 157 cm³/mol. The van der Waals surface area contributed by atoms with Crippen LogP contribution in [0.3, 0.4) is 0 Å². The number of nitrogens with zero attached hydrogens (tertiary/aromatic N) is 4. The maximum Gasteiger partial charge on any atom is 0.259 e. The van der Waals surface area contributed by atoms with Gasteiger partial charge in [-0.05, 0) is 86.4 Å². The summed E-state index contributed by atoms with van der Waals surface area (Å²) < 4.78 is 0. The Labute approximate surface area is 224 Å². The topological polar surface area (TPSA) is 109 Å². The van der Waals surface area contributed by atoms with E-state index in [0.717, 1.165) is 38.1 Å². The molecule has 1 amide bonds. The predicted octanol–water partition coefficient (Wildman–Crippen LogP) is 5.09. The largest absolute Gasteiger partial charge is 0.810 e. The highest BCUT2D eigenvalue weighted by molar-refractivity contribution is 6.08. The molecular weight excluding hydrogens is 474 g/mol. The number of carbonyl (C=O) groups is 1. The summed E-state index contributed by atoms with van der Waals surface area (Å²) >= 11 is 0. The zero-order valence-corrected chi connectivity index (χ0v) is 22.4. The van der Waals surface area contributed by atoms with Gasteiger partial charge in [-0.2, -0.15) is 6.21 Å². The first-order valence-corrected chi connectivity index (χ1v) is 13.2. The van der Waals surface area contributed by atoms with Gasteiger partial charge in [0.15, 0.2) is 0 Å². The highest BCUT2D eigenvalue weighted by Crippen LogP contribution is 2.42. The van der Waals surface area contributed by atoms with Gasteiger partial charge in [-0.1, -0.05) is 26.0 Å². The standard InChI is InChI=1S/C30H36N7O/c1-30(2)19-37(18-20-10-13-36(3)14-11-20)27-16-23(8-9-25(27)30)35-29(38)24-5-4-12-33-28(24)34-22-7-6-21(17-31)26(32)15-22/h4-9,12,15-17,20H,10-11,13-14,18-19,32H2,1-3H3,(H,33,34)(H,35,38)/q-1. The van der Waals surface area contributed by atoms with Crippen LogP contribution in [-0.2, 0) is 5.41 Å². The molecule has 2 aromatic carbocycles. The van der Waals surface area contributed by atoms with Crippen LogP contribution in [0.2, 0.25) is 0 Å². The van der Waals surface area contributed by atoms with E-state index in [1.807, 2.05) is 6.07 Å². The summed E-state index contributed by atoms with van der Waals surface area (Å²) in [4.78, 5) is 22.7. The van der Waals surface area contributed by atoms with E-state index in [4.69, 9.17) is 5.73 Å². The molecule has 38 heavy (non-hydrogen) atoms. The molecule has 1 saturated heterocycles. The van der Waals surface area contributed by atoms with Gasteiger partial charge in [-0.15, -0.1) is 0 Å². The lowest BCUT2D eigenvalue weighted by atomic mass is 9.87. The lowest BCUT2D eigenvalue weighted by Crippen LogP contribution is -2.38. The molecule has 0 radical (unpaired) electrons. The summed E-state index contributed by atoms with van der Waals surface area (Å²) in [6.07, 6.45) is 5.05. The summed E-state index contributed by atoms with van der Waals surface area (Å²) in [6.45, 7) is 8.94. The van der Waals surface area contributed by atoms with E-state index in [2.05, 4.69) is 58.4 Å². The molecule has 0 atom stereocenters. The maximum atomic E-state index is 13.4. The molecule has 0 unspecified atom stereocenters. The van der Waals surface area contributed by atoms with Crippen LogP contribution in [-0.4, -0.2) is 55.2 Å². The van der Waals surface area contributed by atoms with Crippen molar-refractivity contribution in [2.24, 2.45) is 5.92 Å². The number of amides is 1. The molecule has 0 saturated carbocycles. The number of pyridine rings is 1. The molecule has 1 aromatic heterocycles. The van der Waals surface area contributed by atoms with Gasteiger partial charge in [0.1, 0.15) is 5.82 Å². The number of nitrogens with one attached hydrogen (secondary N) is 2. The molecule has 198 valence electrons. The van der Waals surface area contributed by atoms with Crippen molar-refractivity contribution in [2.75, 3.05) is 54.5 Å². The number of aromatic nitrogens is 1. The van der Waals surface area contributed by atoms with E-state index in [1.54, 1.807) is 36.5 Å². The Balaban J connectivity index is 1.34. The average molecular weight is 511 g/mol. The molecule has 4 N–H and O–H groups in total. The van der Waals surface area contributed by atoms with Gasteiger partial charge in [0.05, 0.1) is 5.56 Å². The minimum absolute atomic E-state index is 0.0644. The monoisotopic (exact) mass is 510 g/mol. The minimum atomic E-state index is -0.243. The van der Waals surface area contributed by atoms with Crippen molar-refractivity contribution in [1.29, 1.82) is 0 Å². The van der Waals surface area contributed by atoms with Crippen LogP contribution in [0.25, 0.3) is 5.41 Å². The van der Waals surface area contributed by atoms with Crippen molar-refractivity contribution in [2.45, 2.75) is 32.1 Å². The molecule has 0 spiro atoms. The summed E-state index contributed by atoms with van der Waals surface area (Å²) in [5.41, 5.74) is 11.4. The van der Waals surface area contributed by atoms with Crippen molar-refractivity contribution in [3.8, 4) is 0 Å². The molecule has 3 aromatic rings. The number of fused-ring (bicyclic) bond motifs is 1. The zero-order chi connectivity index (χ0) is 26.9. The molecule has 0 aliphatic carbocycles. The van der Waals surface area contributed by atoms with Gasteiger partial charge in [0.25, 0.3) is 5.91 Å². The molecule has 1 fully saturated rings. The quantitative estimate of drug-likeness (QED) is 0.302. The summed E-state index contributed by atoms with van der Waals surface area (Å²) in [7, 11) is 2.20. The highest BCUT2D eigenvalue weighted by Gasteiger charge is 2.36. The number of anilines is 5. The van der Waals surface area contributed by atoms with Crippen molar-refractivity contribution >= 4 is 40.7 Å². The molecule has 0 bridgehead atoms. The number of nitrogen functional groups attached to an aromatic ring is 1. The molecule has 5 rings (SSSR count). The number of hydrogen-bond acceptors (Lipinski definition) is 6. The molecule has 3 heterocycles. The van der Waals surface area contributed by atoms with Crippen LogP contribution >= 0.6 is 0 Å². The van der Waals surface area contributed by atoms with E-state index in [0.29, 0.717) is 34.2 Å². The SMILES string of the molecule is CN1CCC(CN2CC(C)(C)c3ccc(NC(=O)c4cccnc4Nc4ccc(C=[N-])c(N)c4)cc32)CC1. The van der Waals surface area contributed by atoms with E-state index < -0.39 is 0 Å². The fourth-order valence-corrected chi connectivity index (χ4v) is 5.60. The van der Waals surface area contributed by atoms with E-state index in [9.17, 15) is 10.2 Å². The van der Waals surface area contributed by atoms with E-state index in [-0.39, 0.29) is 11.3 Å². The second kappa shape index (κ2) is 10.5. The van der Waals surface area contributed by atoms with Crippen molar-refractivity contribution in [3.05, 3.63) is 76.8 Å². The van der Waals surface area contributed by atoms with Crippen LogP contribution in [0.1, 0.15) is 48.2 Å². The third kappa shape index (κ3) is 5.36. The zero-order valence-electron chi connectivity index (χ0n) is 22.4. The lowest BCUT2D eigenvalue weighted by molar-refractivity contribution is 0.102. The fraction of sp³-hybridized carbons (Fsp3) is 0.367. The first-order chi connectivity index (χ1) is 18.2. The number of carbonyl (C=O) groups excluding carboxylic acids is 1. The van der Waals surface area contributed by atoms with Gasteiger partial charge in [0.2, 0.25) is 0 Å². The van der Waals surface area contributed by atoms with Crippen LogP contribution in [0, 0.1) is 5.92 Å². The first-order valence-electron chi connectivity index (χ1n) is 13.2. The Kier molecular flexibility index (Phi) is 7.08. The normalized spacial score (nSPS) is 17.2. The Hall–Kier alpha value is -3.91. The molecule has 2 aliphatic heterocycles. The van der Waals surface area contributed by atoms with Crippen LogP contribution < -0.4 is 21.3 Å². The number of nitrogens with two attached hydrogens (primary N) is 1. The van der Waals surface area contributed by atoms with Gasteiger partial charge in [-0.3, -0.25) is 4.79 Å². The lowest BCUT2D eigenvalue weighted by Gasteiger charge is -2.33. The van der Waals surface area contributed by atoms with Gasteiger partial charge >= 0.3 is 0 Å². The maximum absolute atomic E-state index is 13.4. The van der Waals surface area contributed by atoms with Crippen LogP contribution in [0.5, 0.6) is 0 Å². The van der Waals surface area contributed by atoms with Gasteiger partial charge < -0.3 is 31.6 Å². The average Bonchev–Trinajstić information content (AvgIpc) is 3.14. The van der Waals surface area contributed by atoms with Gasteiger partial charge in [0, 0.05) is 47.5 Å². The molecular formula is C30H36N7O-. The summed E-state index contributed by atoms with van der Waals surface area (Å²) in [6, 6.07) is 14.9. The highest BCUT2D eigenvalue weighted by atomic mass is 16.1. The Morgan fingerprint density at radius 3 is 2.66 bits per heavy atom. The summed E-state index contributed by atoms with van der Waals surface area (Å²) in [5, 5.41) is 15.5. The molecule has 8 heteroatoms. The van der Waals surface area contributed by atoms with Crippen molar-refractivity contribution in [1.82, 2.24) is 9.88 Å². The van der Waals surface area contributed by atoms with Crippen LogP contribution in [0.15, 0.2) is 54.7 Å².